The minimum absolute atomic E-state index is 0.342. The molecule has 1 fully saturated rings. The van der Waals surface area contributed by atoms with Crippen LogP contribution in [0.4, 0.5) is 17.8 Å². The van der Waals surface area contributed by atoms with Crippen LogP contribution in [-0.2, 0) is 0 Å². The van der Waals surface area contributed by atoms with Crippen molar-refractivity contribution in [1.29, 1.82) is 0 Å². The zero-order valence-corrected chi connectivity index (χ0v) is 12.6. The third-order valence-corrected chi connectivity index (χ3v) is 3.47. The Morgan fingerprint density at radius 2 is 1.95 bits per heavy atom. The molecule has 1 aromatic heterocycles. The summed E-state index contributed by atoms with van der Waals surface area (Å²) in [5.41, 5.74) is 2.55. The van der Waals surface area contributed by atoms with Gasteiger partial charge in [0.25, 0.3) is 0 Å². The Bertz CT molecular complexity index is 429. The van der Waals surface area contributed by atoms with Crippen molar-refractivity contribution < 1.29 is 0 Å². The average molecular weight is 279 g/mol. The Balaban J connectivity index is 2.33. The van der Waals surface area contributed by atoms with Gasteiger partial charge in [0.05, 0.1) is 0 Å². The fourth-order valence-electron chi connectivity index (χ4n) is 2.44. The first-order valence-corrected chi connectivity index (χ1v) is 7.40. The van der Waals surface area contributed by atoms with Gasteiger partial charge in [0, 0.05) is 25.7 Å². The van der Waals surface area contributed by atoms with Crippen molar-refractivity contribution in [3.63, 3.8) is 0 Å². The Hall–Kier alpha value is -1.63. The normalized spacial score (nSPS) is 14.9. The highest BCUT2D eigenvalue weighted by Crippen LogP contribution is 2.21. The fraction of sp³-hybridized carbons (Fsp3) is 0.769. The van der Waals surface area contributed by atoms with Gasteiger partial charge in [-0.25, -0.2) is 5.84 Å². The second-order valence-corrected chi connectivity index (χ2v) is 5.38. The number of nitrogens with one attached hydrogen (secondary N) is 1. The fourth-order valence-corrected chi connectivity index (χ4v) is 2.44. The van der Waals surface area contributed by atoms with Crippen molar-refractivity contribution in [2.45, 2.75) is 46.1 Å². The number of nitrogens with two attached hydrogens (primary N) is 1. The van der Waals surface area contributed by atoms with E-state index in [1.165, 1.54) is 12.8 Å². The van der Waals surface area contributed by atoms with E-state index < -0.39 is 0 Å². The van der Waals surface area contributed by atoms with Gasteiger partial charge in [-0.2, -0.15) is 15.0 Å². The zero-order valence-electron chi connectivity index (χ0n) is 12.6. The summed E-state index contributed by atoms with van der Waals surface area (Å²) in [5.74, 6) is 7.35. The predicted octanol–water partition coefficient (Wildman–Crippen LogP) is 1.38. The van der Waals surface area contributed by atoms with Gasteiger partial charge in [0.2, 0.25) is 17.8 Å². The van der Waals surface area contributed by atoms with Crippen molar-refractivity contribution in [3.8, 4) is 0 Å². The number of hydrogen-bond donors (Lipinski definition) is 2. The second-order valence-electron chi connectivity index (χ2n) is 5.38. The third kappa shape index (κ3) is 3.27. The van der Waals surface area contributed by atoms with Crippen LogP contribution in [0, 0.1) is 0 Å². The largest absolute Gasteiger partial charge is 0.341 e. The van der Waals surface area contributed by atoms with E-state index in [1.54, 1.807) is 0 Å². The first kappa shape index (κ1) is 14.8. The number of rotatable bonds is 6. The Kier molecular flexibility index (Phi) is 4.94. The summed E-state index contributed by atoms with van der Waals surface area (Å²) in [6.07, 6.45) is 3.43. The molecule has 7 nitrogen and oxygen atoms in total. The molecule has 1 saturated heterocycles. The van der Waals surface area contributed by atoms with Gasteiger partial charge in [0.15, 0.2) is 0 Å². The van der Waals surface area contributed by atoms with Crippen LogP contribution in [0.3, 0.4) is 0 Å². The van der Waals surface area contributed by atoms with Crippen LogP contribution in [0.25, 0.3) is 0 Å². The number of nitrogens with zero attached hydrogens (tertiary/aromatic N) is 5. The summed E-state index contributed by atoms with van der Waals surface area (Å²) in [7, 11) is 0. The molecule has 0 amide bonds. The molecule has 0 aliphatic carbocycles. The van der Waals surface area contributed by atoms with Crippen LogP contribution in [0.1, 0.15) is 40.0 Å². The summed E-state index contributed by atoms with van der Waals surface area (Å²) in [5, 5.41) is 0. The lowest BCUT2D eigenvalue weighted by atomic mass is 10.3. The molecule has 0 aromatic carbocycles. The maximum Gasteiger partial charge on any atom is 0.243 e. The van der Waals surface area contributed by atoms with Crippen LogP contribution in [-0.4, -0.2) is 40.6 Å². The first-order valence-electron chi connectivity index (χ1n) is 7.40. The van der Waals surface area contributed by atoms with Gasteiger partial charge in [0.1, 0.15) is 0 Å². The van der Waals surface area contributed by atoms with E-state index >= 15 is 0 Å². The molecule has 2 rings (SSSR count). The lowest BCUT2D eigenvalue weighted by Gasteiger charge is -2.27. The molecule has 0 spiro atoms. The van der Waals surface area contributed by atoms with Crippen molar-refractivity contribution >= 4 is 17.8 Å². The molecule has 3 N–H and O–H groups in total. The van der Waals surface area contributed by atoms with Gasteiger partial charge in [-0.1, -0.05) is 6.92 Å². The molecule has 1 aliphatic heterocycles. The third-order valence-electron chi connectivity index (χ3n) is 3.47. The van der Waals surface area contributed by atoms with E-state index in [9.17, 15) is 0 Å². The lowest BCUT2D eigenvalue weighted by molar-refractivity contribution is 0.648. The van der Waals surface area contributed by atoms with Crippen molar-refractivity contribution in [1.82, 2.24) is 15.0 Å². The molecule has 20 heavy (non-hydrogen) atoms. The molecular weight excluding hydrogens is 254 g/mol. The average Bonchev–Trinajstić information content (AvgIpc) is 2.98. The van der Waals surface area contributed by atoms with Crippen molar-refractivity contribution in [2.75, 3.05) is 34.9 Å². The van der Waals surface area contributed by atoms with E-state index in [1.807, 2.05) is 0 Å². The summed E-state index contributed by atoms with van der Waals surface area (Å²) in [4.78, 5) is 17.8. The van der Waals surface area contributed by atoms with Crippen LogP contribution in [0.5, 0.6) is 0 Å². The SMILES string of the molecule is CCCN(c1nc(NN)nc(N2CCCC2)n1)C(C)C. The summed E-state index contributed by atoms with van der Waals surface area (Å²) in [6, 6.07) is 0.342. The van der Waals surface area contributed by atoms with Gasteiger partial charge in [-0.3, -0.25) is 5.43 Å². The number of hydrazine groups is 1. The molecule has 1 aliphatic rings. The van der Waals surface area contributed by atoms with Gasteiger partial charge < -0.3 is 9.80 Å². The molecule has 112 valence electrons. The molecule has 0 unspecified atom stereocenters. The highest BCUT2D eigenvalue weighted by atomic mass is 15.4. The van der Waals surface area contributed by atoms with E-state index in [0.717, 1.165) is 32.0 Å². The van der Waals surface area contributed by atoms with Gasteiger partial charge in [-0.05, 0) is 33.1 Å². The highest BCUT2D eigenvalue weighted by Gasteiger charge is 2.20. The summed E-state index contributed by atoms with van der Waals surface area (Å²) in [6.45, 7) is 9.37. The number of anilines is 3. The van der Waals surface area contributed by atoms with Crippen LogP contribution in [0.2, 0.25) is 0 Å². The van der Waals surface area contributed by atoms with Crippen LogP contribution < -0.4 is 21.1 Å². The molecule has 7 heteroatoms. The Morgan fingerprint density at radius 3 is 2.50 bits per heavy atom. The Labute approximate surface area is 120 Å². The first-order chi connectivity index (χ1) is 9.65. The second kappa shape index (κ2) is 6.69. The molecule has 0 atom stereocenters. The number of aromatic nitrogens is 3. The molecule has 0 bridgehead atoms. The smallest absolute Gasteiger partial charge is 0.243 e. The number of hydrogen-bond acceptors (Lipinski definition) is 7. The monoisotopic (exact) mass is 279 g/mol. The molecular formula is C13H25N7. The van der Waals surface area contributed by atoms with E-state index in [0.29, 0.717) is 17.9 Å². The topological polar surface area (TPSA) is 83.2 Å². The Morgan fingerprint density at radius 1 is 1.25 bits per heavy atom. The van der Waals surface area contributed by atoms with Crippen molar-refractivity contribution in [3.05, 3.63) is 0 Å². The molecule has 0 radical (unpaired) electrons. The maximum absolute atomic E-state index is 5.50. The van der Waals surface area contributed by atoms with E-state index in [2.05, 4.69) is 50.9 Å². The lowest BCUT2D eigenvalue weighted by Crippen LogP contribution is -2.34. The van der Waals surface area contributed by atoms with E-state index in [-0.39, 0.29) is 0 Å². The summed E-state index contributed by atoms with van der Waals surface area (Å²) < 4.78 is 0. The maximum atomic E-state index is 5.50. The minimum atomic E-state index is 0.342. The minimum Gasteiger partial charge on any atom is -0.341 e. The van der Waals surface area contributed by atoms with Crippen LogP contribution in [0.15, 0.2) is 0 Å². The highest BCUT2D eigenvalue weighted by molar-refractivity contribution is 5.45. The van der Waals surface area contributed by atoms with Crippen LogP contribution >= 0.6 is 0 Å². The van der Waals surface area contributed by atoms with Gasteiger partial charge >= 0.3 is 0 Å². The molecule has 0 saturated carbocycles. The quantitative estimate of drug-likeness (QED) is 0.601. The van der Waals surface area contributed by atoms with Crippen molar-refractivity contribution in [2.24, 2.45) is 5.84 Å². The van der Waals surface area contributed by atoms with E-state index in [4.69, 9.17) is 5.84 Å². The number of nitrogen functional groups attached to an aromatic ring is 1. The van der Waals surface area contributed by atoms with Gasteiger partial charge in [-0.15, -0.1) is 0 Å². The predicted molar refractivity (Wildman–Crippen MR) is 81.9 cm³/mol. The standard InChI is InChI=1S/C13H25N7/c1-4-7-20(10(2)3)13-16-11(18-14)15-12(17-13)19-8-5-6-9-19/h10H,4-9,14H2,1-3H3,(H,15,16,17,18). The molecule has 1 aromatic rings. The zero-order chi connectivity index (χ0) is 14.5. The molecule has 2 heterocycles. The summed E-state index contributed by atoms with van der Waals surface area (Å²) >= 11 is 0.